The van der Waals surface area contributed by atoms with Gasteiger partial charge in [0.25, 0.3) is 0 Å². The van der Waals surface area contributed by atoms with Crippen molar-refractivity contribution >= 4 is 5.82 Å². The summed E-state index contributed by atoms with van der Waals surface area (Å²) in [7, 11) is 2.04. The van der Waals surface area contributed by atoms with Crippen LogP contribution in [0.3, 0.4) is 0 Å². The Balaban J connectivity index is 2.55. The summed E-state index contributed by atoms with van der Waals surface area (Å²) in [4.78, 5) is 10.8. The largest absolute Gasteiger partial charge is 0.358 e. The zero-order valence-electron chi connectivity index (χ0n) is 9.82. The third-order valence-corrected chi connectivity index (χ3v) is 2.20. The van der Waals surface area contributed by atoms with E-state index in [4.69, 9.17) is 0 Å². The fraction of sp³-hybridized carbons (Fsp3) is 0.636. The average molecular weight is 208 g/mol. The predicted molar refractivity (Wildman–Crippen MR) is 63.0 cm³/mol. The lowest BCUT2D eigenvalue weighted by molar-refractivity contribution is 0.705. The van der Waals surface area contributed by atoms with Crippen LogP contribution in [-0.2, 0) is 6.54 Å². The number of anilines is 1. The van der Waals surface area contributed by atoms with Gasteiger partial charge in [-0.3, -0.25) is 4.98 Å². The fourth-order valence-corrected chi connectivity index (χ4v) is 1.34. The van der Waals surface area contributed by atoms with Gasteiger partial charge in [-0.05, 0) is 13.0 Å². The number of hydrogen-bond donors (Lipinski definition) is 1. The molecule has 0 fully saturated rings. The maximum atomic E-state index is 4.37. The van der Waals surface area contributed by atoms with Crippen molar-refractivity contribution < 1.29 is 0 Å². The molecule has 0 aliphatic rings. The van der Waals surface area contributed by atoms with Gasteiger partial charge in [-0.25, -0.2) is 4.98 Å². The van der Waals surface area contributed by atoms with Gasteiger partial charge in [-0.2, -0.15) is 0 Å². The zero-order valence-corrected chi connectivity index (χ0v) is 9.82. The van der Waals surface area contributed by atoms with Crippen LogP contribution < -0.4 is 10.2 Å². The molecule has 4 heteroatoms. The fourth-order valence-electron chi connectivity index (χ4n) is 1.34. The SMILES string of the molecule is CCCN(C)c1cnc(CNCC)cn1. The highest BCUT2D eigenvalue weighted by atomic mass is 15.2. The molecule has 1 rings (SSSR count). The van der Waals surface area contributed by atoms with E-state index in [0.717, 1.165) is 37.6 Å². The first-order valence-electron chi connectivity index (χ1n) is 5.50. The third kappa shape index (κ3) is 3.83. The van der Waals surface area contributed by atoms with Crippen LogP contribution in [0.2, 0.25) is 0 Å². The first-order valence-corrected chi connectivity index (χ1v) is 5.50. The molecule has 0 aliphatic carbocycles. The van der Waals surface area contributed by atoms with E-state index in [1.54, 1.807) is 0 Å². The topological polar surface area (TPSA) is 41.1 Å². The molecule has 0 saturated carbocycles. The van der Waals surface area contributed by atoms with E-state index in [2.05, 4.69) is 34.0 Å². The third-order valence-electron chi connectivity index (χ3n) is 2.20. The number of nitrogens with one attached hydrogen (secondary N) is 1. The van der Waals surface area contributed by atoms with Crippen LogP contribution >= 0.6 is 0 Å². The molecule has 0 spiro atoms. The van der Waals surface area contributed by atoms with E-state index in [-0.39, 0.29) is 0 Å². The van der Waals surface area contributed by atoms with Gasteiger partial charge in [0, 0.05) is 20.1 Å². The highest BCUT2D eigenvalue weighted by Gasteiger charge is 2.01. The normalized spacial score (nSPS) is 10.3. The standard InChI is InChI=1S/C11H20N4/c1-4-6-15(3)11-9-13-10(8-14-11)7-12-5-2/h8-9,12H,4-7H2,1-3H3. The van der Waals surface area contributed by atoms with Crippen molar-refractivity contribution in [2.24, 2.45) is 0 Å². The Morgan fingerprint density at radius 3 is 2.60 bits per heavy atom. The summed E-state index contributed by atoms with van der Waals surface area (Å²) < 4.78 is 0. The Hall–Kier alpha value is -1.16. The molecule has 0 aromatic carbocycles. The molecule has 0 amide bonds. The molecule has 15 heavy (non-hydrogen) atoms. The lowest BCUT2D eigenvalue weighted by Gasteiger charge is -2.16. The Bertz CT molecular complexity index is 270. The maximum absolute atomic E-state index is 4.37. The predicted octanol–water partition coefficient (Wildman–Crippen LogP) is 1.43. The van der Waals surface area contributed by atoms with Crippen molar-refractivity contribution in [1.82, 2.24) is 15.3 Å². The summed E-state index contributed by atoms with van der Waals surface area (Å²) in [6.07, 6.45) is 4.80. The van der Waals surface area contributed by atoms with Crippen LogP contribution in [0.25, 0.3) is 0 Å². The lowest BCUT2D eigenvalue weighted by atomic mass is 10.4. The summed E-state index contributed by atoms with van der Waals surface area (Å²) in [5, 5.41) is 3.22. The van der Waals surface area contributed by atoms with E-state index >= 15 is 0 Å². The number of hydrogen-bond acceptors (Lipinski definition) is 4. The van der Waals surface area contributed by atoms with Gasteiger partial charge in [-0.1, -0.05) is 13.8 Å². The van der Waals surface area contributed by atoms with Crippen LogP contribution in [-0.4, -0.2) is 30.1 Å². The minimum atomic E-state index is 0.793. The van der Waals surface area contributed by atoms with Crippen molar-refractivity contribution in [3.63, 3.8) is 0 Å². The highest BCUT2D eigenvalue weighted by Crippen LogP contribution is 2.06. The van der Waals surface area contributed by atoms with Crippen LogP contribution in [0.1, 0.15) is 26.0 Å². The summed E-state index contributed by atoms with van der Waals surface area (Å²) in [5.41, 5.74) is 0.991. The van der Waals surface area contributed by atoms with Gasteiger partial charge in [0.15, 0.2) is 0 Å². The van der Waals surface area contributed by atoms with Crippen LogP contribution in [0.15, 0.2) is 12.4 Å². The van der Waals surface area contributed by atoms with E-state index in [1.807, 2.05) is 19.4 Å². The molecule has 4 nitrogen and oxygen atoms in total. The molecule has 0 atom stereocenters. The molecule has 1 N–H and O–H groups in total. The summed E-state index contributed by atoms with van der Waals surface area (Å²) in [6.45, 7) is 7.00. The van der Waals surface area contributed by atoms with Crippen molar-refractivity contribution in [3.8, 4) is 0 Å². The summed E-state index contributed by atoms with van der Waals surface area (Å²) in [6, 6.07) is 0. The molecule has 84 valence electrons. The highest BCUT2D eigenvalue weighted by molar-refractivity contribution is 5.34. The molecule has 0 unspecified atom stereocenters. The quantitative estimate of drug-likeness (QED) is 0.768. The van der Waals surface area contributed by atoms with Crippen molar-refractivity contribution in [2.75, 3.05) is 25.0 Å². The molecular formula is C11H20N4. The van der Waals surface area contributed by atoms with Gasteiger partial charge < -0.3 is 10.2 Å². The smallest absolute Gasteiger partial charge is 0.146 e. The second-order valence-electron chi connectivity index (χ2n) is 3.57. The van der Waals surface area contributed by atoms with Gasteiger partial charge in [0.2, 0.25) is 0 Å². The van der Waals surface area contributed by atoms with Crippen LogP contribution in [0.4, 0.5) is 5.82 Å². The first kappa shape index (κ1) is 11.9. The molecule has 1 heterocycles. The summed E-state index contributed by atoms with van der Waals surface area (Å²) >= 11 is 0. The molecule has 0 bridgehead atoms. The van der Waals surface area contributed by atoms with E-state index in [0.29, 0.717) is 0 Å². The number of aromatic nitrogens is 2. The lowest BCUT2D eigenvalue weighted by Crippen LogP contribution is -2.20. The second-order valence-corrected chi connectivity index (χ2v) is 3.57. The Morgan fingerprint density at radius 1 is 1.27 bits per heavy atom. The minimum Gasteiger partial charge on any atom is -0.358 e. The Labute approximate surface area is 91.7 Å². The average Bonchev–Trinajstić information content (AvgIpc) is 2.27. The maximum Gasteiger partial charge on any atom is 0.146 e. The van der Waals surface area contributed by atoms with Gasteiger partial charge in [0.05, 0.1) is 18.1 Å². The number of nitrogens with zero attached hydrogens (tertiary/aromatic N) is 3. The number of rotatable bonds is 6. The molecular weight excluding hydrogens is 188 g/mol. The monoisotopic (exact) mass is 208 g/mol. The Morgan fingerprint density at radius 2 is 2.07 bits per heavy atom. The van der Waals surface area contributed by atoms with Gasteiger partial charge in [-0.15, -0.1) is 0 Å². The molecule has 0 radical (unpaired) electrons. The van der Waals surface area contributed by atoms with Crippen molar-refractivity contribution in [3.05, 3.63) is 18.1 Å². The molecule has 0 saturated heterocycles. The molecule has 1 aromatic heterocycles. The van der Waals surface area contributed by atoms with Gasteiger partial charge >= 0.3 is 0 Å². The van der Waals surface area contributed by atoms with Crippen molar-refractivity contribution in [2.45, 2.75) is 26.8 Å². The molecule has 1 aromatic rings. The van der Waals surface area contributed by atoms with Crippen LogP contribution in [0.5, 0.6) is 0 Å². The second kappa shape index (κ2) is 6.35. The van der Waals surface area contributed by atoms with Gasteiger partial charge in [0.1, 0.15) is 5.82 Å². The minimum absolute atomic E-state index is 0.793. The van der Waals surface area contributed by atoms with E-state index in [1.165, 1.54) is 0 Å². The van der Waals surface area contributed by atoms with E-state index < -0.39 is 0 Å². The van der Waals surface area contributed by atoms with Crippen molar-refractivity contribution in [1.29, 1.82) is 0 Å². The first-order chi connectivity index (χ1) is 7.27. The van der Waals surface area contributed by atoms with Crippen LogP contribution in [0, 0.1) is 0 Å². The Kier molecular flexibility index (Phi) is 5.04. The van der Waals surface area contributed by atoms with E-state index in [9.17, 15) is 0 Å². The molecule has 0 aliphatic heterocycles. The summed E-state index contributed by atoms with van der Waals surface area (Å²) in [5.74, 6) is 0.942. The zero-order chi connectivity index (χ0) is 11.1.